The van der Waals surface area contributed by atoms with E-state index in [2.05, 4.69) is 20.9 Å². The van der Waals surface area contributed by atoms with Crippen molar-refractivity contribution in [2.24, 2.45) is 0 Å². The first kappa shape index (κ1) is 22.9. The summed E-state index contributed by atoms with van der Waals surface area (Å²) in [6, 6.07) is 18.7. The predicted molar refractivity (Wildman–Crippen MR) is 138 cm³/mol. The molecular formula is C27H27N5O3S. The highest BCUT2D eigenvalue weighted by molar-refractivity contribution is 8.01. The molecule has 1 aromatic heterocycles. The van der Waals surface area contributed by atoms with Crippen molar-refractivity contribution in [1.82, 2.24) is 20.9 Å². The molecule has 0 saturated carbocycles. The predicted octanol–water partition coefficient (Wildman–Crippen LogP) is 3.99. The Labute approximate surface area is 213 Å². The Kier molecular flexibility index (Phi) is 6.25. The summed E-state index contributed by atoms with van der Waals surface area (Å²) >= 11 is 1.43. The summed E-state index contributed by atoms with van der Waals surface area (Å²) in [5.74, 6) is 1.46. The molecule has 3 aromatic rings. The molecule has 3 aliphatic heterocycles. The maximum atomic E-state index is 13.2. The number of carbonyl (C=O) groups excluding carboxylic acids is 2. The van der Waals surface area contributed by atoms with E-state index >= 15 is 0 Å². The number of nitrogens with zero attached hydrogens (tertiary/aromatic N) is 2. The van der Waals surface area contributed by atoms with Gasteiger partial charge in [0, 0.05) is 24.3 Å². The fourth-order valence-electron chi connectivity index (χ4n) is 4.96. The molecule has 1 fully saturated rings. The minimum atomic E-state index is -0.434. The minimum absolute atomic E-state index is 0.0506. The zero-order valence-electron chi connectivity index (χ0n) is 19.6. The number of pyridine rings is 1. The molecule has 9 heteroatoms. The monoisotopic (exact) mass is 501 g/mol. The van der Waals surface area contributed by atoms with Gasteiger partial charge in [-0.3, -0.25) is 9.69 Å². The number of urea groups is 1. The van der Waals surface area contributed by atoms with Crippen LogP contribution in [0.25, 0.3) is 0 Å². The second kappa shape index (κ2) is 9.83. The minimum Gasteiger partial charge on any atom is -0.457 e. The molecule has 0 radical (unpaired) electrons. The molecule has 6 rings (SSSR count). The van der Waals surface area contributed by atoms with Crippen molar-refractivity contribution in [2.75, 3.05) is 18.0 Å². The maximum absolute atomic E-state index is 13.2. The van der Waals surface area contributed by atoms with Crippen LogP contribution in [0.1, 0.15) is 30.0 Å². The van der Waals surface area contributed by atoms with Crippen LogP contribution >= 0.6 is 11.8 Å². The molecule has 3 amide bonds. The molecule has 3 aliphatic rings. The highest BCUT2D eigenvalue weighted by Crippen LogP contribution is 2.49. The number of nitrogens with one attached hydrogen (secondary N) is 3. The lowest BCUT2D eigenvalue weighted by Gasteiger charge is -2.34. The fraction of sp³-hybridized carbons (Fsp3) is 0.296. The summed E-state index contributed by atoms with van der Waals surface area (Å²) < 4.78 is 5.88. The van der Waals surface area contributed by atoms with Gasteiger partial charge < -0.3 is 20.7 Å². The van der Waals surface area contributed by atoms with Gasteiger partial charge in [0.2, 0.25) is 5.91 Å². The van der Waals surface area contributed by atoms with Crippen LogP contribution in [-0.4, -0.2) is 41.3 Å². The number of anilines is 1. The first-order valence-corrected chi connectivity index (χ1v) is 13.1. The van der Waals surface area contributed by atoms with Gasteiger partial charge in [0.1, 0.15) is 21.8 Å². The number of thioether (sulfide) groups is 1. The number of hydrogen-bond acceptors (Lipinski definition) is 6. The Morgan fingerprint density at radius 1 is 1.11 bits per heavy atom. The van der Waals surface area contributed by atoms with E-state index in [1.807, 2.05) is 60.7 Å². The SMILES string of the molecule is O=C(NC1CCCNC1)[C@@H]1Sc2nccc3c2C1NC(=O)N3Cc1ccc(Oc2ccccc2)cc1. The zero-order valence-corrected chi connectivity index (χ0v) is 20.5. The van der Waals surface area contributed by atoms with Crippen LogP contribution in [-0.2, 0) is 11.3 Å². The molecule has 36 heavy (non-hydrogen) atoms. The topological polar surface area (TPSA) is 95.6 Å². The van der Waals surface area contributed by atoms with Gasteiger partial charge in [-0.15, -0.1) is 0 Å². The molecule has 3 N–H and O–H groups in total. The summed E-state index contributed by atoms with van der Waals surface area (Å²) in [5.41, 5.74) is 2.70. The number of benzene rings is 2. The third kappa shape index (κ3) is 4.52. The summed E-state index contributed by atoms with van der Waals surface area (Å²) in [4.78, 5) is 32.6. The van der Waals surface area contributed by atoms with E-state index in [9.17, 15) is 9.59 Å². The number of ether oxygens (including phenoxy) is 1. The van der Waals surface area contributed by atoms with Gasteiger partial charge in [0.15, 0.2) is 0 Å². The molecule has 2 aromatic carbocycles. The van der Waals surface area contributed by atoms with Gasteiger partial charge in [0.05, 0.1) is 18.3 Å². The first-order chi connectivity index (χ1) is 17.7. The molecule has 1 saturated heterocycles. The fourth-order valence-corrected chi connectivity index (χ4v) is 6.20. The van der Waals surface area contributed by atoms with Gasteiger partial charge in [-0.1, -0.05) is 42.1 Å². The van der Waals surface area contributed by atoms with Crippen molar-refractivity contribution in [1.29, 1.82) is 0 Å². The smallest absolute Gasteiger partial charge is 0.322 e. The van der Waals surface area contributed by atoms with Gasteiger partial charge >= 0.3 is 6.03 Å². The van der Waals surface area contributed by atoms with Crippen molar-refractivity contribution in [3.05, 3.63) is 78.0 Å². The number of carbonyl (C=O) groups is 2. The Balaban J connectivity index is 1.18. The van der Waals surface area contributed by atoms with E-state index in [0.29, 0.717) is 6.54 Å². The largest absolute Gasteiger partial charge is 0.457 e. The van der Waals surface area contributed by atoms with Crippen LogP contribution in [0.15, 0.2) is 71.9 Å². The highest BCUT2D eigenvalue weighted by Gasteiger charge is 2.46. The standard InChI is InChI=1S/C27H27N5O3S/c33-25(30-18-5-4-13-28-15-18)24-23-22-21(12-14-29-26(22)36-24)32(27(34)31-23)16-17-8-10-20(11-9-17)35-19-6-2-1-3-7-19/h1-3,6-12,14,18,23-24,28H,4-5,13,15-16H2,(H,30,33)(H,31,34)/t18?,23?,24-/m1/s1. The van der Waals surface area contributed by atoms with E-state index in [4.69, 9.17) is 4.74 Å². The third-order valence-corrected chi connectivity index (χ3v) is 8.03. The Bertz CT molecular complexity index is 1260. The molecular weight excluding hydrogens is 474 g/mol. The number of amides is 3. The molecule has 0 aliphatic carbocycles. The third-order valence-electron chi connectivity index (χ3n) is 6.74. The molecule has 8 nitrogen and oxygen atoms in total. The summed E-state index contributed by atoms with van der Waals surface area (Å²) in [6.45, 7) is 2.16. The van der Waals surface area contributed by atoms with Crippen molar-refractivity contribution in [2.45, 2.75) is 41.7 Å². The highest BCUT2D eigenvalue weighted by atomic mass is 32.2. The lowest BCUT2D eigenvalue weighted by atomic mass is 9.99. The molecule has 184 valence electrons. The molecule has 4 heterocycles. The number of aromatic nitrogens is 1. The Morgan fingerprint density at radius 2 is 1.92 bits per heavy atom. The number of piperidine rings is 1. The molecule has 2 unspecified atom stereocenters. The lowest BCUT2D eigenvalue weighted by molar-refractivity contribution is -0.121. The normalized spacial score (nSPS) is 22.5. The maximum Gasteiger partial charge on any atom is 0.322 e. The van der Waals surface area contributed by atoms with Crippen LogP contribution < -0.4 is 25.6 Å². The van der Waals surface area contributed by atoms with Crippen molar-refractivity contribution < 1.29 is 14.3 Å². The van der Waals surface area contributed by atoms with E-state index < -0.39 is 11.3 Å². The molecule has 3 atom stereocenters. The van der Waals surface area contributed by atoms with Crippen LogP contribution in [0.4, 0.5) is 10.5 Å². The summed E-state index contributed by atoms with van der Waals surface area (Å²) in [5, 5.41) is 9.94. The van der Waals surface area contributed by atoms with E-state index in [-0.39, 0.29) is 18.0 Å². The number of hydrogen-bond donors (Lipinski definition) is 3. The van der Waals surface area contributed by atoms with E-state index in [1.165, 1.54) is 11.8 Å². The Morgan fingerprint density at radius 3 is 2.69 bits per heavy atom. The van der Waals surface area contributed by atoms with Crippen LogP contribution in [0.3, 0.4) is 0 Å². The van der Waals surface area contributed by atoms with E-state index in [1.54, 1.807) is 11.1 Å². The second-order valence-corrected chi connectivity index (χ2v) is 10.3. The second-order valence-electron chi connectivity index (χ2n) is 9.21. The summed E-state index contributed by atoms with van der Waals surface area (Å²) in [7, 11) is 0. The van der Waals surface area contributed by atoms with Gasteiger partial charge in [-0.25, -0.2) is 9.78 Å². The quantitative estimate of drug-likeness (QED) is 0.473. The molecule has 0 spiro atoms. The lowest BCUT2D eigenvalue weighted by Crippen LogP contribution is -2.53. The summed E-state index contributed by atoms with van der Waals surface area (Å²) in [6.07, 6.45) is 3.72. The zero-order chi connectivity index (χ0) is 24.5. The van der Waals surface area contributed by atoms with Crippen LogP contribution in [0, 0.1) is 0 Å². The van der Waals surface area contributed by atoms with E-state index in [0.717, 1.165) is 59.3 Å². The van der Waals surface area contributed by atoms with Crippen LogP contribution in [0.2, 0.25) is 0 Å². The van der Waals surface area contributed by atoms with Gasteiger partial charge in [-0.05, 0) is 55.3 Å². The van der Waals surface area contributed by atoms with Crippen molar-refractivity contribution in [3.63, 3.8) is 0 Å². The average Bonchev–Trinajstić information content (AvgIpc) is 3.28. The van der Waals surface area contributed by atoms with Gasteiger partial charge in [-0.2, -0.15) is 0 Å². The molecule has 0 bridgehead atoms. The van der Waals surface area contributed by atoms with Crippen LogP contribution in [0.5, 0.6) is 11.5 Å². The first-order valence-electron chi connectivity index (χ1n) is 12.2. The number of rotatable bonds is 6. The van der Waals surface area contributed by atoms with Crippen molar-refractivity contribution in [3.8, 4) is 11.5 Å². The Hall–Kier alpha value is -3.56. The van der Waals surface area contributed by atoms with Gasteiger partial charge in [0.25, 0.3) is 0 Å². The van der Waals surface area contributed by atoms with Crippen molar-refractivity contribution >= 4 is 29.4 Å². The average molecular weight is 502 g/mol. The number of para-hydroxylation sites is 1.